The second-order valence-corrected chi connectivity index (χ2v) is 6.81. The molecule has 0 radical (unpaired) electrons. The summed E-state index contributed by atoms with van der Waals surface area (Å²) in [5, 5.41) is 14.2. The number of carbonyl (C=O) groups is 2. The monoisotopic (exact) mass is 341 g/mol. The first-order valence-electron chi connectivity index (χ1n) is 9.11. The van der Waals surface area contributed by atoms with Gasteiger partial charge in [0.1, 0.15) is 12.5 Å². The number of benzene rings is 1. The van der Waals surface area contributed by atoms with E-state index in [1.165, 1.54) is 19.3 Å². The summed E-state index contributed by atoms with van der Waals surface area (Å²) in [7, 11) is 0. The first kappa shape index (κ1) is 19.0. The Hall–Kier alpha value is -2.35. The van der Waals surface area contributed by atoms with Crippen molar-refractivity contribution < 1.29 is 9.59 Å². The Kier molecular flexibility index (Phi) is 7.46. The quantitative estimate of drug-likeness (QED) is 0.590. The van der Waals surface area contributed by atoms with Gasteiger partial charge in [-0.05, 0) is 24.8 Å². The van der Waals surface area contributed by atoms with E-state index >= 15 is 0 Å². The molecule has 0 bridgehead atoms. The third-order valence-corrected chi connectivity index (χ3v) is 4.93. The fourth-order valence-corrected chi connectivity index (χ4v) is 3.48. The van der Waals surface area contributed by atoms with E-state index in [1.807, 2.05) is 43.3 Å². The van der Waals surface area contributed by atoms with Gasteiger partial charge in [-0.2, -0.15) is 5.26 Å². The molecule has 0 saturated heterocycles. The molecule has 1 aromatic rings. The number of rotatable bonds is 7. The molecule has 2 amide bonds. The molecule has 25 heavy (non-hydrogen) atoms. The van der Waals surface area contributed by atoms with E-state index in [4.69, 9.17) is 5.26 Å². The second kappa shape index (κ2) is 9.83. The Bertz CT molecular complexity index is 603. The number of carbonyl (C=O) groups excluding carboxylic acids is 2. The lowest BCUT2D eigenvalue weighted by Crippen LogP contribution is -2.43. The molecule has 1 saturated carbocycles. The molecule has 0 spiro atoms. The van der Waals surface area contributed by atoms with Crippen molar-refractivity contribution in [2.24, 2.45) is 11.8 Å². The molecule has 1 aliphatic rings. The minimum Gasteiger partial charge on any atom is -0.349 e. The number of amides is 2. The molecule has 5 nitrogen and oxygen atoms in total. The second-order valence-electron chi connectivity index (χ2n) is 6.81. The molecule has 1 aliphatic carbocycles. The van der Waals surface area contributed by atoms with Gasteiger partial charge in [0, 0.05) is 0 Å². The van der Waals surface area contributed by atoms with E-state index in [0.717, 1.165) is 18.4 Å². The Labute approximate surface area is 149 Å². The smallest absolute Gasteiger partial charge is 0.233 e. The molecular weight excluding hydrogens is 314 g/mol. The maximum atomic E-state index is 12.8. The highest BCUT2D eigenvalue weighted by Gasteiger charge is 2.31. The van der Waals surface area contributed by atoms with Crippen molar-refractivity contribution in [1.82, 2.24) is 10.6 Å². The van der Waals surface area contributed by atoms with Crippen LogP contribution in [-0.4, -0.2) is 18.4 Å². The van der Waals surface area contributed by atoms with Gasteiger partial charge in [-0.3, -0.25) is 9.59 Å². The van der Waals surface area contributed by atoms with Crippen molar-refractivity contribution in [1.29, 1.82) is 5.26 Å². The van der Waals surface area contributed by atoms with Gasteiger partial charge in [0.15, 0.2) is 0 Å². The Morgan fingerprint density at radius 3 is 2.48 bits per heavy atom. The molecule has 2 atom stereocenters. The normalized spacial score (nSPS) is 17.1. The predicted molar refractivity (Wildman–Crippen MR) is 96.3 cm³/mol. The summed E-state index contributed by atoms with van der Waals surface area (Å²) in [4.78, 5) is 25.2. The van der Waals surface area contributed by atoms with Gasteiger partial charge in [-0.25, -0.2) is 0 Å². The summed E-state index contributed by atoms with van der Waals surface area (Å²) in [6.07, 6.45) is 6.27. The fraction of sp³-hybridized carbons (Fsp3) is 0.550. The number of hydrogen-bond donors (Lipinski definition) is 2. The van der Waals surface area contributed by atoms with E-state index in [-0.39, 0.29) is 24.4 Å². The van der Waals surface area contributed by atoms with Crippen LogP contribution in [0.1, 0.15) is 57.1 Å². The Balaban J connectivity index is 2.03. The third-order valence-electron chi connectivity index (χ3n) is 4.93. The summed E-state index contributed by atoms with van der Waals surface area (Å²) in [6.45, 7) is 1.85. The van der Waals surface area contributed by atoms with Crippen LogP contribution < -0.4 is 10.6 Å². The SMILES string of the molecule is CC(NC(=O)C(CC1CCCCC1)C(=O)NCC#N)c1ccccc1. The molecule has 1 aromatic carbocycles. The van der Waals surface area contributed by atoms with Crippen LogP contribution >= 0.6 is 0 Å². The summed E-state index contributed by atoms with van der Waals surface area (Å²) >= 11 is 0. The van der Waals surface area contributed by atoms with Crippen LogP contribution in [0.5, 0.6) is 0 Å². The summed E-state index contributed by atoms with van der Waals surface area (Å²) in [5.74, 6) is -0.922. The van der Waals surface area contributed by atoms with Gasteiger partial charge in [0.25, 0.3) is 0 Å². The van der Waals surface area contributed by atoms with Crippen LogP contribution in [0.4, 0.5) is 0 Å². The molecule has 0 aromatic heterocycles. The molecule has 2 rings (SSSR count). The van der Waals surface area contributed by atoms with Gasteiger partial charge in [0.2, 0.25) is 11.8 Å². The van der Waals surface area contributed by atoms with Gasteiger partial charge in [-0.1, -0.05) is 62.4 Å². The molecule has 2 N–H and O–H groups in total. The lowest BCUT2D eigenvalue weighted by atomic mass is 9.82. The molecule has 134 valence electrons. The largest absolute Gasteiger partial charge is 0.349 e. The van der Waals surface area contributed by atoms with E-state index < -0.39 is 5.92 Å². The van der Waals surface area contributed by atoms with Crippen LogP contribution in [0.25, 0.3) is 0 Å². The minimum absolute atomic E-state index is 0.0679. The number of nitrogens with zero attached hydrogens (tertiary/aromatic N) is 1. The van der Waals surface area contributed by atoms with Crippen molar-refractivity contribution in [3.05, 3.63) is 35.9 Å². The van der Waals surface area contributed by atoms with Gasteiger partial charge >= 0.3 is 0 Å². The van der Waals surface area contributed by atoms with Gasteiger partial charge < -0.3 is 10.6 Å². The summed E-state index contributed by atoms with van der Waals surface area (Å²) in [5.41, 5.74) is 1.00. The Morgan fingerprint density at radius 1 is 1.16 bits per heavy atom. The molecule has 5 heteroatoms. The molecular formula is C20H27N3O2. The third kappa shape index (κ3) is 5.90. The van der Waals surface area contributed by atoms with Crippen molar-refractivity contribution in [3.8, 4) is 6.07 Å². The maximum absolute atomic E-state index is 12.8. The van der Waals surface area contributed by atoms with Crippen molar-refractivity contribution >= 4 is 11.8 Å². The average Bonchev–Trinajstić information content (AvgIpc) is 2.65. The first-order chi connectivity index (χ1) is 12.1. The highest BCUT2D eigenvalue weighted by atomic mass is 16.2. The summed E-state index contributed by atoms with van der Waals surface area (Å²) < 4.78 is 0. The van der Waals surface area contributed by atoms with Crippen LogP contribution in [0.15, 0.2) is 30.3 Å². The Morgan fingerprint density at radius 2 is 1.84 bits per heavy atom. The van der Waals surface area contributed by atoms with Crippen LogP contribution in [-0.2, 0) is 9.59 Å². The van der Waals surface area contributed by atoms with Crippen LogP contribution in [0.3, 0.4) is 0 Å². The van der Waals surface area contributed by atoms with Gasteiger partial charge in [0.05, 0.1) is 12.1 Å². The van der Waals surface area contributed by atoms with Crippen molar-refractivity contribution in [2.75, 3.05) is 6.54 Å². The fourth-order valence-electron chi connectivity index (χ4n) is 3.48. The molecule has 0 heterocycles. The standard InChI is InChI=1S/C20H27N3O2/c1-15(17-10-6-3-7-11-17)23-20(25)18(19(24)22-13-12-21)14-16-8-4-2-5-9-16/h3,6-7,10-11,15-16,18H,2,4-5,8-9,13-14H2,1H3,(H,22,24)(H,23,25). The number of nitrogens with one attached hydrogen (secondary N) is 2. The van der Waals surface area contributed by atoms with Gasteiger partial charge in [-0.15, -0.1) is 0 Å². The zero-order valence-corrected chi connectivity index (χ0v) is 14.8. The molecule has 0 aliphatic heterocycles. The van der Waals surface area contributed by atoms with E-state index in [2.05, 4.69) is 10.6 Å². The lowest BCUT2D eigenvalue weighted by Gasteiger charge is -2.26. The number of nitriles is 1. The lowest BCUT2D eigenvalue weighted by molar-refractivity contribution is -0.136. The minimum atomic E-state index is -0.734. The van der Waals surface area contributed by atoms with Crippen molar-refractivity contribution in [3.63, 3.8) is 0 Å². The molecule has 2 unspecified atom stereocenters. The maximum Gasteiger partial charge on any atom is 0.233 e. The summed E-state index contributed by atoms with van der Waals surface area (Å²) in [6, 6.07) is 11.4. The van der Waals surface area contributed by atoms with E-state index in [1.54, 1.807) is 0 Å². The number of hydrogen-bond acceptors (Lipinski definition) is 3. The predicted octanol–water partition coefficient (Wildman–Crippen LogP) is 3.09. The topological polar surface area (TPSA) is 82.0 Å². The first-order valence-corrected chi connectivity index (χ1v) is 9.11. The molecule has 1 fully saturated rings. The van der Waals surface area contributed by atoms with Crippen LogP contribution in [0.2, 0.25) is 0 Å². The zero-order valence-electron chi connectivity index (χ0n) is 14.8. The average molecular weight is 341 g/mol. The highest BCUT2D eigenvalue weighted by Crippen LogP contribution is 2.29. The van der Waals surface area contributed by atoms with Crippen molar-refractivity contribution in [2.45, 2.75) is 51.5 Å². The highest BCUT2D eigenvalue weighted by molar-refractivity contribution is 6.00. The zero-order chi connectivity index (χ0) is 18.1. The van der Waals surface area contributed by atoms with E-state index in [0.29, 0.717) is 12.3 Å². The van der Waals surface area contributed by atoms with E-state index in [9.17, 15) is 9.59 Å². The van der Waals surface area contributed by atoms with Crippen LogP contribution in [0, 0.1) is 23.2 Å².